The van der Waals surface area contributed by atoms with Crippen molar-refractivity contribution in [3.8, 4) is 11.3 Å². The van der Waals surface area contributed by atoms with Crippen molar-refractivity contribution >= 4 is 0 Å². The van der Waals surface area contributed by atoms with Crippen molar-refractivity contribution in [2.75, 3.05) is 26.2 Å². The van der Waals surface area contributed by atoms with Crippen LogP contribution < -0.4 is 5.32 Å². The number of benzene rings is 1. The number of hydrogen-bond donors (Lipinski definition) is 1. The second kappa shape index (κ2) is 5.50. The lowest BCUT2D eigenvalue weighted by Crippen LogP contribution is -2.45. The maximum absolute atomic E-state index is 4.27. The molecule has 1 aromatic heterocycles. The molecule has 1 aliphatic rings. The number of aromatic nitrogens is 3. The first-order valence-electron chi connectivity index (χ1n) is 6.76. The minimum atomic E-state index is 0.257. The first-order chi connectivity index (χ1) is 9.34. The number of rotatable bonds is 3. The molecule has 1 aromatic carbocycles. The molecular formula is C14H19N5. The van der Waals surface area contributed by atoms with Gasteiger partial charge in [-0.2, -0.15) is 0 Å². The zero-order chi connectivity index (χ0) is 13.1. The Morgan fingerprint density at radius 2 is 1.89 bits per heavy atom. The van der Waals surface area contributed by atoms with E-state index in [4.69, 9.17) is 0 Å². The van der Waals surface area contributed by atoms with E-state index in [9.17, 15) is 0 Å². The summed E-state index contributed by atoms with van der Waals surface area (Å²) < 4.78 is 1.95. The third-order valence-corrected chi connectivity index (χ3v) is 3.64. The zero-order valence-corrected chi connectivity index (χ0v) is 11.2. The van der Waals surface area contributed by atoms with Gasteiger partial charge in [-0.25, -0.2) is 4.68 Å². The van der Waals surface area contributed by atoms with Gasteiger partial charge in [0.25, 0.3) is 0 Å². The van der Waals surface area contributed by atoms with E-state index in [0.29, 0.717) is 0 Å². The largest absolute Gasteiger partial charge is 0.314 e. The van der Waals surface area contributed by atoms with Crippen molar-refractivity contribution in [3.05, 3.63) is 36.5 Å². The Labute approximate surface area is 113 Å². The Balaban J connectivity index is 1.77. The van der Waals surface area contributed by atoms with Crippen molar-refractivity contribution in [1.82, 2.24) is 25.2 Å². The smallest absolute Gasteiger partial charge is 0.113 e. The van der Waals surface area contributed by atoms with Crippen molar-refractivity contribution in [2.24, 2.45) is 0 Å². The molecule has 5 heteroatoms. The molecule has 1 unspecified atom stereocenters. The molecule has 0 aliphatic carbocycles. The van der Waals surface area contributed by atoms with Crippen LogP contribution in [0, 0.1) is 0 Å². The number of hydrogen-bond acceptors (Lipinski definition) is 4. The van der Waals surface area contributed by atoms with Gasteiger partial charge in [0.15, 0.2) is 0 Å². The van der Waals surface area contributed by atoms with Crippen LogP contribution in [0.4, 0.5) is 0 Å². The summed E-state index contributed by atoms with van der Waals surface area (Å²) in [5.74, 6) is 0. The summed E-state index contributed by atoms with van der Waals surface area (Å²) in [7, 11) is 0. The van der Waals surface area contributed by atoms with E-state index in [1.165, 1.54) is 0 Å². The molecule has 0 radical (unpaired) electrons. The van der Waals surface area contributed by atoms with Gasteiger partial charge in [-0.3, -0.25) is 4.90 Å². The summed E-state index contributed by atoms with van der Waals surface area (Å²) in [5, 5.41) is 11.9. The molecule has 1 atom stereocenters. The number of nitrogens with one attached hydrogen (secondary N) is 1. The second-order valence-corrected chi connectivity index (χ2v) is 4.87. The molecule has 1 aliphatic heterocycles. The Morgan fingerprint density at radius 3 is 2.63 bits per heavy atom. The SMILES string of the molecule is CC(N1CCNCC1)n1cc(-c2ccccc2)nn1. The Hall–Kier alpha value is -1.72. The van der Waals surface area contributed by atoms with E-state index in [2.05, 4.69) is 39.6 Å². The third kappa shape index (κ3) is 2.67. The van der Waals surface area contributed by atoms with Crippen LogP contribution in [0.2, 0.25) is 0 Å². The van der Waals surface area contributed by atoms with Gasteiger partial charge < -0.3 is 5.32 Å². The summed E-state index contributed by atoms with van der Waals surface area (Å²) in [5.41, 5.74) is 2.05. The molecule has 0 amide bonds. The van der Waals surface area contributed by atoms with Gasteiger partial charge in [0.1, 0.15) is 11.9 Å². The van der Waals surface area contributed by atoms with Crippen molar-refractivity contribution < 1.29 is 0 Å². The van der Waals surface area contributed by atoms with Crippen LogP contribution >= 0.6 is 0 Å². The maximum atomic E-state index is 4.27. The van der Waals surface area contributed by atoms with Crippen LogP contribution in [0.5, 0.6) is 0 Å². The van der Waals surface area contributed by atoms with Crippen molar-refractivity contribution in [2.45, 2.75) is 13.1 Å². The van der Waals surface area contributed by atoms with Crippen molar-refractivity contribution in [1.29, 1.82) is 0 Å². The van der Waals surface area contributed by atoms with Gasteiger partial charge in [-0.05, 0) is 6.92 Å². The summed E-state index contributed by atoms with van der Waals surface area (Å²) in [6, 6.07) is 10.2. The minimum absolute atomic E-state index is 0.257. The molecular weight excluding hydrogens is 238 g/mol. The monoisotopic (exact) mass is 257 g/mol. The fraction of sp³-hybridized carbons (Fsp3) is 0.429. The van der Waals surface area contributed by atoms with Crippen molar-refractivity contribution in [3.63, 3.8) is 0 Å². The van der Waals surface area contributed by atoms with Gasteiger partial charge in [0.05, 0.1) is 6.20 Å². The Bertz CT molecular complexity index is 516. The maximum Gasteiger partial charge on any atom is 0.113 e. The summed E-state index contributed by atoms with van der Waals surface area (Å²) in [6.07, 6.45) is 2.29. The van der Waals surface area contributed by atoms with Crippen LogP contribution in [0.3, 0.4) is 0 Å². The minimum Gasteiger partial charge on any atom is -0.314 e. The Kier molecular flexibility index (Phi) is 3.57. The van der Waals surface area contributed by atoms with E-state index >= 15 is 0 Å². The lowest BCUT2D eigenvalue weighted by molar-refractivity contribution is 0.123. The lowest BCUT2D eigenvalue weighted by Gasteiger charge is -2.32. The normalized spacial score (nSPS) is 18.4. The van der Waals surface area contributed by atoms with E-state index in [1.807, 2.05) is 29.1 Å². The predicted octanol–water partition coefficient (Wildman–Crippen LogP) is 1.37. The predicted molar refractivity (Wildman–Crippen MR) is 74.6 cm³/mol. The van der Waals surface area contributed by atoms with E-state index in [1.54, 1.807) is 0 Å². The molecule has 1 saturated heterocycles. The molecule has 1 N–H and O–H groups in total. The molecule has 2 heterocycles. The first kappa shape index (κ1) is 12.3. The molecule has 1 fully saturated rings. The molecule has 0 bridgehead atoms. The molecule has 0 saturated carbocycles. The lowest BCUT2D eigenvalue weighted by atomic mass is 10.2. The highest BCUT2D eigenvalue weighted by Gasteiger charge is 2.19. The van der Waals surface area contributed by atoms with Gasteiger partial charge in [0.2, 0.25) is 0 Å². The molecule has 0 spiro atoms. The van der Waals surface area contributed by atoms with Crippen LogP contribution in [-0.2, 0) is 0 Å². The highest BCUT2D eigenvalue weighted by atomic mass is 15.5. The number of nitrogens with zero attached hydrogens (tertiary/aromatic N) is 4. The first-order valence-corrected chi connectivity index (χ1v) is 6.76. The van der Waals surface area contributed by atoms with Crippen LogP contribution in [0.25, 0.3) is 11.3 Å². The van der Waals surface area contributed by atoms with Gasteiger partial charge in [0, 0.05) is 31.7 Å². The fourth-order valence-corrected chi connectivity index (χ4v) is 2.42. The van der Waals surface area contributed by atoms with Gasteiger partial charge in [-0.15, -0.1) is 5.10 Å². The summed E-state index contributed by atoms with van der Waals surface area (Å²) in [6.45, 7) is 6.38. The highest BCUT2D eigenvalue weighted by molar-refractivity contribution is 5.57. The standard InChI is InChI=1S/C14H19N5/c1-12(18-9-7-15-8-10-18)19-11-14(16-17-19)13-5-3-2-4-6-13/h2-6,11-12,15H,7-10H2,1H3. The third-order valence-electron chi connectivity index (χ3n) is 3.64. The second-order valence-electron chi connectivity index (χ2n) is 4.87. The highest BCUT2D eigenvalue weighted by Crippen LogP contribution is 2.18. The summed E-state index contributed by atoms with van der Waals surface area (Å²) in [4.78, 5) is 2.42. The Morgan fingerprint density at radius 1 is 1.16 bits per heavy atom. The van der Waals surface area contributed by atoms with Crippen LogP contribution in [0.1, 0.15) is 13.1 Å². The average Bonchev–Trinajstić information content (AvgIpc) is 2.98. The molecule has 5 nitrogen and oxygen atoms in total. The average molecular weight is 257 g/mol. The van der Waals surface area contributed by atoms with E-state index < -0.39 is 0 Å². The molecule has 2 aromatic rings. The molecule has 3 rings (SSSR count). The van der Waals surface area contributed by atoms with E-state index in [0.717, 1.165) is 37.4 Å². The van der Waals surface area contributed by atoms with Crippen LogP contribution in [-0.4, -0.2) is 46.1 Å². The number of piperazine rings is 1. The molecule has 100 valence electrons. The van der Waals surface area contributed by atoms with Gasteiger partial charge >= 0.3 is 0 Å². The fourth-order valence-electron chi connectivity index (χ4n) is 2.42. The zero-order valence-electron chi connectivity index (χ0n) is 11.2. The quantitative estimate of drug-likeness (QED) is 0.902. The van der Waals surface area contributed by atoms with Crippen LogP contribution in [0.15, 0.2) is 36.5 Å². The summed E-state index contributed by atoms with van der Waals surface area (Å²) >= 11 is 0. The topological polar surface area (TPSA) is 46.0 Å². The van der Waals surface area contributed by atoms with Gasteiger partial charge in [-0.1, -0.05) is 35.5 Å². The van der Waals surface area contributed by atoms with E-state index in [-0.39, 0.29) is 6.17 Å². The molecule has 19 heavy (non-hydrogen) atoms.